The molecule has 0 unspecified atom stereocenters. The topological polar surface area (TPSA) is 133 Å². The number of amides is 2. The van der Waals surface area contributed by atoms with Crippen molar-refractivity contribution in [1.82, 2.24) is 9.97 Å². The third-order valence-electron chi connectivity index (χ3n) is 3.81. The summed E-state index contributed by atoms with van der Waals surface area (Å²) in [6.07, 6.45) is 1.30. The zero-order valence-corrected chi connectivity index (χ0v) is 16.4. The van der Waals surface area contributed by atoms with Crippen LogP contribution in [0.15, 0.2) is 35.3 Å². The van der Waals surface area contributed by atoms with Crippen molar-refractivity contribution >= 4 is 35.1 Å². The molecule has 0 atom stereocenters. The lowest BCUT2D eigenvalue weighted by Gasteiger charge is -2.21. The highest BCUT2D eigenvalue weighted by molar-refractivity contribution is 5.93. The first-order valence-electron chi connectivity index (χ1n) is 8.98. The van der Waals surface area contributed by atoms with E-state index in [9.17, 15) is 19.2 Å². The van der Waals surface area contributed by atoms with Gasteiger partial charge in [0.15, 0.2) is 0 Å². The summed E-state index contributed by atoms with van der Waals surface area (Å²) in [5.74, 6) is -0.909. The average Bonchev–Trinajstić information content (AvgIpc) is 2.66. The van der Waals surface area contributed by atoms with Gasteiger partial charge in [-0.25, -0.2) is 9.78 Å². The van der Waals surface area contributed by atoms with E-state index in [2.05, 4.69) is 20.6 Å². The van der Waals surface area contributed by atoms with E-state index >= 15 is 0 Å². The lowest BCUT2D eigenvalue weighted by atomic mass is 10.2. The number of benzene rings is 1. The minimum Gasteiger partial charge on any atom is -0.462 e. The molecule has 0 aliphatic carbocycles. The molecule has 0 spiro atoms. The Kier molecular flexibility index (Phi) is 7.47. The maximum absolute atomic E-state index is 12.0. The van der Waals surface area contributed by atoms with Crippen LogP contribution in [0.2, 0.25) is 0 Å². The molecule has 3 N–H and O–H groups in total. The Hall–Kier alpha value is -3.69. The van der Waals surface area contributed by atoms with Crippen LogP contribution in [0.3, 0.4) is 0 Å². The number of hydrogen-bond acceptors (Lipinski definition) is 7. The zero-order chi connectivity index (χ0) is 21.4. The summed E-state index contributed by atoms with van der Waals surface area (Å²) >= 11 is 0. The molecule has 0 aliphatic heterocycles. The number of H-pyrrole nitrogens is 1. The molecule has 0 saturated heterocycles. The first-order chi connectivity index (χ1) is 13.8. The quantitative estimate of drug-likeness (QED) is 0.569. The number of carbonyl (C=O) groups is 3. The molecule has 0 fully saturated rings. The fraction of sp³-hybridized carbons (Fsp3) is 0.316. The molecule has 2 amide bonds. The van der Waals surface area contributed by atoms with Gasteiger partial charge in [0.25, 0.3) is 5.56 Å². The summed E-state index contributed by atoms with van der Waals surface area (Å²) in [5, 5.41) is 5.29. The van der Waals surface area contributed by atoms with Crippen LogP contribution in [0, 0.1) is 0 Å². The van der Waals surface area contributed by atoms with E-state index in [0.29, 0.717) is 11.3 Å². The van der Waals surface area contributed by atoms with Crippen LogP contribution in [0.1, 0.15) is 31.1 Å². The highest BCUT2D eigenvalue weighted by Gasteiger charge is 2.13. The molecule has 0 bridgehead atoms. The van der Waals surface area contributed by atoms with Gasteiger partial charge < -0.3 is 15.0 Å². The van der Waals surface area contributed by atoms with Crippen molar-refractivity contribution in [3.8, 4) is 0 Å². The first-order valence-corrected chi connectivity index (χ1v) is 8.98. The normalized spacial score (nSPS) is 10.2. The molecular weight excluding hydrogens is 378 g/mol. The molecule has 154 valence electrons. The summed E-state index contributed by atoms with van der Waals surface area (Å²) in [6, 6.07) is 6.49. The fourth-order valence-corrected chi connectivity index (χ4v) is 2.51. The van der Waals surface area contributed by atoms with E-state index in [1.165, 1.54) is 24.9 Å². The number of anilines is 3. The van der Waals surface area contributed by atoms with E-state index < -0.39 is 11.5 Å². The third kappa shape index (κ3) is 6.16. The molecule has 0 aliphatic rings. The highest BCUT2D eigenvalue weighted by Crippen LogP contribution is 2.16. The van der Waals surface area contributed by atoms with Gasteiger partial charge in [0.05, 0.1) is 18.4 Å². The number of aromatic nitrogens is 2. The molecule has 1 heterocycles. The predicted octanol–water partition coefficient (Wildman–Crippen LogP) is 1.37. The van der Waals surface area contributed by atoms with E-state index in [-0.39, 0.29) is 43.1 Å². The highest BCUT2D eigenvalue weighted by atomic mass is 16.5. The average molecular weight is 401 g/mol. The SMILES string of the molecule is CCOC(=O)c1ccc(N(CCNc2cnc(NC(C)=O)[nH]c2=O)C(C)=O)cc1. The van der Waals surface area contributed by atoms with Crippen LogP contribution in [0.25, 0.3) is 0 Å². The van der Waals surface area contributed by atoms with Gasteiger partial charge in [-0.3, -0.25) is 24.7 Å². The van der Waals surface area contributed by atoms with Gasteiger partial charge in [-0.05, 0) is 31.2 Å². The molecule has 0 saturated carbocycles. The Balaban J connectivity index is 2.01. The number of carbonyl (C=O) groups excluding carboxylic acids is 3. The Morgan fingerprint density at radius 1 is 1.17 bits per heavy atom. The van der Waals surface area contributed by atoms with Crippen molar-refractivity contribution in [1.29, 1.82) is 0 Å². The molecule has 1 aromatic heterocycles. The maximum atomic E-state index is 12.0. The van der Waals surface area contributed by atoms with Gasteiger partial charge in [0.2, 0.25) is 17.8 Å². The van der Waals surface area contributed by atoms with Crippen LogP contribution in [0.5, 0.6) is 0 Å². The lowest BCUT2D eigenvalue weighted by molar-refractivity contribution is -0.116. The van der Waals surface area contributed by atoms with E-state index in [4.69, 9.17) is 4.74 Å². The van der Waals surface area contributed by atoms with Gasteiger partial charge in [0, 0.05) is 32.6 Å². The molecule has 10 nitrogen and oxygen atoms in total. The third-order valence-corrected chi connectivity index (χ3v) is 3.81. The number of esters is 1. The molecule has 2 rings (SSSR count). The largest absolute Gasteiger partial charge is 0.462 e. The molecule has 0 radical (unpaired) electrons. The van der Waals surface area contributed by atoms with Crippen molar-refractivity contribution in [2.45, 2.75) is 20.8 Å². The van der Waals surface area contributed by atoms with Gasteiger partial charge >= 0.3 is 5.97 Å². The molecular formula is C19H23N5O5. The van der Waals surface area contributed by atoms with Crippen molar-refractivity contribution in [3.63, 3.8) is 0 Å². The van der Waals surface area contributed by atoms with Crippen molar-refractivity contribution in [3.05, 3.63) is 46.4 Å². The summed E-state index contributed by atoms with van der Waals surface area (Å²) in [5.41, 5.74) is 0.770. The van der Waals surface area contributed by atoms with Gasteiger partial charge in [-0.1, -0.05) is 0 Å². The Labute approximate surface area is 167 Å². The Morgan fingerprint density at radius 3 is 2.41 bits per heavy atom. The lowest BCUT2D eigenvalue weighted by Crippen LogP contribution is -2.34. The maximum Gasteiger partial charge on any atom is 0.338 e. The number of ether oxygens (including phenoxy) is 1. The van der Waals surface area contributed by atoms with Crippen molar-refractivity contribution < 1.29 is 19.1 Å². The number of aromatic amines is 1. The van der Waals surface area contributed by atoms with Crippen molar-refractivity contribution in [2.24, 2.45) is 0 Å². The van der Waals surface area contributed by atoms with Crippen LogP contribution in [-0.4, -0.2) is 47.4 Å². The Bertz CT molecular complexity index is 939. The molecule has 2 aromatic rings. The van der Waals surface area contributed by atoms with Gasteiger partial charge in [-0.2, -0.15) is 0 Å². The number of hydrogen-bond donors (Lipinski definition) is 3. The van der Waals surface area contributed by atoms with Crippen LogP contribution >= 0.6 is 0 Å². The summed E-state index contributed by atoms with van der Waals surface area (Å²) in [4.78, 5) is 54.6. The number of nitrogens with zero attached hydrogens (tertiary/aromatic N) is 2. The summed E-state index contributed by atoms with van der Waals surface area (Å²) in [7, 11) is 0. The van der Waals surface area contributed by atoms with E-state index in [1.807, 2.05) is 0 Å². The second-order valence-electron chi connectivity index (χ2n) is 6.02. The second-order valence-corrected chi connectivity index (χ2v) is 6.02. The zero-order valence-electron chi connectivity index (χ0n) is 16.4. The Morgan fingerprint density at radius 2 is 1.86 bits per heavy atom. The first kappa shape index (κ1) is 21.6. The van der Waals surface area contributed by atoms with E-state index in [1.54, 1.807) is 31.2 Å². The van der Waals surface area contributed by atoms with Crippen LogP contribution in [0.4, 0.5) is 17.3 Å². The molecule has 29 heavy (non-hydrogen) atoms. The minimum absolute atomic E-state index is 0.0557. The predicted molar refractivity (Wildman–Crippen MR) is 108 cm³/mol. The molecule has 10 heteroatoms. The summed E-state index contributed by atoms with van der Waals surface area (Å²) in [6.45, 7) is 5.30. The molecule has 1 aromatic carbocycles. The summed E-state index contributed by atoms with van der Waals surface area (Å²) < 4.78 is 4.94. The standard InChI is InChI=1S/C19H23N5O5/c1-4-29-18(28)14-5-7-15(8-6-14)24(13(3)26)10-9-20-16-11-21-19(22-12(2)25)23-17(16)27/h5-8,11,20H,4,9-10H2,1-3H3,(H2,21,22,23,25,27). The van der Waals surface area contributed by atoms with Crippen LogP contribution in [-0.2, 0) is 14.3 Å². The number of rotatable bonds is 8. The van der Waals surface area contributed by atoms with Gasteiger partial charge in [0.1, 0.15) is 5.69 Å². The van der Waals surface area contributed by atoms with E-state index in [0.717, 1.165) is 0 Å². The monoisotopic (exact) mass is 401 g/mol. The number of nitrogens with one attached hydrogen (secondary N) is 3. The minimum atomic E-state index is -0.447. The van der Waals surface area contributed by atoms with Crippen LogP contribution < -0.4 is 21.1 Å². The van der Waals surface area contributed by atoms with Crippen molar-refractivity contribution in [2.75, 3.05) is 35.2 Å². The van der Waals surface area contributed by atoms with Gasteiger partial charge in [-0.15, -0.1) is 0 Å². The second kappa shape index (κ2) is 10.0. The fourth-order valence-electron chi connectivity index (χ4n) is 2.51. The smallest absolute Gasteiger partial charge is 0.338 e.